The van der Waals surface area contributed by atoms with Crippen molar-refractivity contribution in [1.29, 1.82) is 0 Å². The number of ether oxygens (including phenoxy) is 1. The first kappa shape index (κ1) is 21.7. The van der Waals surface area contributed by atoms with Crippen LogP contribution in [-0.2, 0) is 7.05 Å². The number of rotatable bonds is 5. The molecule has 0 bridgehead atoms. The first-order chi connectivity index (χ1) is 14.4. The highest BCUT2D eigenvalue weighted by atomic mass is 32.1. The molecule has 0 aliphatic heterocycles. The summed E-state index contributed by atoms with van der Waals surface area (Å²) >= 11 is 1.64. The zero-order valence-electron chi connectivity index (χ0n) is 18.0. The Bertz CT molecular complexity index is 1110. The van der Waals surface area contributed by atoms with Crippen LogP contribution in [0.1, 0.15) is 38.2 Å². The van der Waals surface area contributed by atoms with Gasteiger partial charge in [-0.15, -0.1) is 11.3 Å². The van der Waals surface area contributed by atoms with Crippen LogP contribution >= 0.6 is 11.3 Å². The lowest BCUT2D eigenvalue weighted by Crippen LogP contribution is -2.11. The van der Waals surface area contributed by atoms with Crippen LogP contribution in [0.4, 0.5) is 0 Å². The van der Waals surface area contributed by atoms with Gasteiger partial charge in [0.2, 0.25) is 5.88 Å². The molecule has 0 spiro atoms. The van der Waals surface area contributed by atoms with Crippen LogP contribution in [0.3, 0.4) is 0 Å². The molecule has 0 aliphatic rings. The smallest absolute Gasteiger partial charge is 0.242 e. The number of carbonyl (C=O) groups is 1. The quantitative estimate of drug-likeness (QED) is 0.370. The molecule has 0 saturated carbocycles. The Labute approximate surface area is 181 Å². The van der Waals surface area contributed by atoms with Crippen LogP contribution in [-0.4, -0.2) is 26.4 Å². The number of aryl methyl sites for hydroxylation is 1. The maximum atomic E-state index is 11.4. The Morgan fingerprint density at radius 1 is 0.967 bits per heavy atom. The molecule has 0 radical (unpaired) electrons. The Morgan fingerprint density at radius 2 is 1.67 bits per heavy atom. The summed E-state index contributed by atoms with van der Waals surface area (Å²) in [5, 5.41) is 2.03. The van der Waals surface area contributed by atoms with Crippen molar-refractivity contribution < 1.29 is 9.53 Å². The van der Waals surface area contributed by atoms with Crippen LogP contribution in [0, 0.1) is 5.92 Å². The van der Waals surface area contributed by atoms with Gasteiger partial charge in [-0.1, -0.05) is 32.0 Å². The van der Waals surface area contributed by atoms with Crippen LogP contribution in [0.5, 0.6) is 5.88 Å². The summed E-state index contributed by atoms with van der Waals surface area (Å²) in [6.45, 7) is 7.81. The lowest BCUT2D eigenvalue weighted by molar-refractivity contribution is 0.0931. The molecule has 0 N–H and O–H groups in total. The van der Waals surface area contributed by atoms with Gasteiger partial charge in [0.05, 0.1) is 27.7 Å². The lowest BCUT2D eigenvalue weighted by atomic mass is 10.1. The molecule has 30 heavy (non-hydrogen) atoms. The predicted molar refractivity (Wildman–Crippen MR) is 123 cm³/mol. The summed E-state index contributed by atoms with van der Waals surface area (Å²) in [6.07, 6.45) is 1.96. The van der Waals surface area contributed by atoms with E-state index in [1.807, 2.05) is 99.4 Å². The van der Waals surface area contributed by atoms with Gasteiger partial charge in [0, 0.05) is 19.2 Å². The standard InChI is InChI=1S/C15H14N2OS.C9H13NO/c1-10(2)18-15-14(13-8-5-9-19-13)16-11-6-3-4-7-12(11)17-15;1-7(2)9(11)8-5-4-6-10(8)3/h3-10H,1-2H3;4-7H,1-3H3. The lowest BCUT2D eigenvalue weighted by Gasteiger charge is -2.12. The second-order valence-corrected chi connectivity index (χ2v) is 8.48. The Balaban J connectivity index is 0.000000199. The Morgan fingerprint density at radius 3 is 2.20 bits per heavy atom. The largest absolute Gasteiger partial charge is 0.473 e. The predicted octanol–water partition coefficient (Wildman–Crippen LogP) is 6.01. The number of para-hydroxylation sites is 2. The Hall–Kier alpha value is -2.99. The fraction of sp³-hybridized carbons (Fsp3) is 0.292. The third-order valence-corrected chi connectivity index (χ3v) is 5.24. The number of hydrogen-bond acceptors (Lipinski definition) is 5. The third-order valence-electron chi connectivity index (χ3n) is 4.36. The molecule has 0 saturated heterocycles. The highest BCUT2D eigenvalue weighted by molar-refractivity contribution is 7.13. The van der Waals surface area contributed by atoms with Gasteiger partial charge in [0.25, 0.3) is 0 Å². The molecule has 3 aromatic heterocycles. The number of hydrogen-bond donors (Lipinski definition) is 0. The molecule has 6 heteroatoms. The zero-order chi connectivity index (χ0) is 21.7. The van der Waals surface area contributed by atoms with Gasteiger partial charge < -0.3 is 9.30 Å². The van der Waals surface area contributed by atoms with E-state index in [-0.39, 0.29) is 17.8 Å². The molecule has 0 fully saturated rings. The van der Waals surface area contributed by atoms with E-state index >= 15 is 0 Å². The summed E-state index contributed by atoms with van der Waals surface area (Å²) in [6, 6.07) is 15.6. The number of carbonyl (C=O) groups excluding carboxylic acids is 1. The minimum atomic E-state index is 0.0779. The molecule has 0 atom stereocenters. The summed E-state index contributed by atoms with van der Waals surface area (Å²) in [5.41, 5.74) is 3.36. The average molecular weight is 422 g/mol. The van der Waals surface area contributed by atoms with Crippen molar-refractivity contribution in [2.45, 2.75) is 33.8 Å². The van der Waals surface area contributed by atoms with Crippen molar-refractivity contribution in [3.05, 3.63) is 65.8 Å². The summed E-state index contributed by atoms with van der Waals surface area (Å²) in [5.74, 6) is 0.900. The van der Waals surface area contributed by atoms with Gasteiger partial charge >= 0.3 is 0 Å². The van der Waals surface area contributed by atoms with E-state index in [4.69, 9.17) is 9.72 Å². The van der Waals surface area contributed by atoms with E-state index in [0.717, 1.165) is 27.3 Å². The first-order valence-electron chi connectivity index (χ1n) is 9.99. The fourth-order valence-corrected chi connectivity index (χ4v) is 3.58. The molecular weight excluding hydrogens is 394 g/mol. The topological polar surface area (TPSA) is 57.0 Å². The van der Waals surface area contributed by atoms with E-state index in [1.165, 1.54) is 0 Å². The first-order valence-corrected chi connectivity index (χ1v) is 10.9. The number of ketones is 1. The molecule has 0 unspecified atom stereocenters. The second kappa shape index (κ2) is 9.67. The molecule has 0 aliphatic carbocycles. The molecule has 4 aromatic rings. The molecule has 3 heterocycles. The number of aromatic nitrogens is 3. The molecule has 5 nitrogen and oxygen atoms in total. The van der Waals surface area contributed by atoms with E-state index in [9.17, 15) is 4.79 Å². The van der Waals surface area contributed by atoms with Gasteiger partial charge in [0.1, 0.15) is 5.69 Å². The summed E-state index contributed by atoms with van der Waals surface area (Å²) in [7, 11) is 1.88. The van der Waals surface area contributed by atoms with Crippen molar-refractivity contribution in [3.63, 3.8) is 0 Å². The third kappa shape index (κ3) is 5.13. The van der Waals surface area contributed by atoms with Gasteiger partial charge in [0.15, 0.2) is 5.78 Å². The van der Waals surface area contributed by atoms with E-state index < -0.39 is 0 Å². The van der Waals surface area contributed by atoms with Gasteiger partial charge in [-0.2, -0.15) is 0 Å². The highest BCUT2D eigenvalue weighted by Crippen LogP contribution is 2.32. The minimum Gasteiger partial charge on any atom is -0.473 e. The van der Waals surface area contributed by atoms with Crippen molar-refractivity contribution in [1.82, 2.24) is 14.5 Å². The minimum absolute atomic E-state index is 0.0779. The average Bonchev–Trinajstić information content (AvgIpc) is 3.38. The molecule has 156 valence electrons. The number of nitrogens with zero attached hydrogens (tertiary/aromatic N) is 3. The van der Waals surface area contributed by atoms with Crippen molar-refractivity contribution in [3.8, 4) is 16.5 Å². The van der Waals surface area contributed by atoms with Gasteiger partial charge in [-0.25, -0.2) is 9.97 Å². The second-order valence-electron chi connectivity index (χ2n) is 7.53. The van der Waals surface area contributed by atoms with Crippen LogP contribution in [0.25, 0.3) is 21.6 Å². The highest BCUT2D eigenvalue weighted by Gasteiger charge is 2.14. The Kier molecular flexibility index (Phi) is 7.00. The maximum absolute atomic E-state index is 11.4. The van der Waals surface area contributed by atoms with Crippen molar-refractivity contribution >= 4 is 28.2 Å². The van der Waals surface area contributed by atoms with Crippen LogP contribution < -0.4 is 4.74 Å². The molecule has 4 rings (SSSR count). The van der Waals surface area contributed by atoms with E-state index in [0.29, 0.717) is 5.88 Å². The monoisotopic (exact) mass is 421 g/mol. The normalized spacial score (nSPS) is 10.9. The molecule has 0 amide bonds. The van der Waals surface area contributed by atoms with Crippen molar-refractivity contribution in [2.24, 2.45) is 13.0 Å². The number of thiophene rings is 1. The number of Topliss-reactive ketones (excluding diaryl/α,β-unsaturated/α-hetero) is 1. The number of fused-ring (bicyclic) bond motifs is 1. The molecule has 1 aromatic carbocycles. The van der Waals surface area contributed by atoms with Crippen LogP contribution in [0.15, 0.2) is 60.1 Å². The van der Waals surface area contributed by atoms with E-state index in [1.54, 1.807) is 11.3 Å². The number of benzene rings is 1. The SMILES string of the molecule is CC(C)C(=O)c1cccn1C.CC(C)Oc1nc2ccccc2nc1-c1cccs1. The fourth-order valence-electron chi connectivity index (χ4n) is 2.88. The maximum Gasteiger partial charge on any atom is 0.242 e. The van der Waals surface area contributed by atoms with Crippen molar-refractivity contribution in [2.75, 3.05) is 0 Å². The van der Waals surface area contributed by atoms with Crippen LogP contribution in [0.2, 0.25) is 0 Å². The van der Waals surface area contributed by atoms with E-state index in [2.05, 4.69) is 4.98 Å². The summed E-state index contributed by atoms with van der Waals surface area (Å²) < 4.78 is 7.66. The summed E-state index contributed by atoms with van der Waals surface area (Å²) in [4.78, 5) is 21.8. The van der Waals surface area contributed by atoms with Gasteiger partial charge in [-0.3, -0.25) is 4.79 Å². The van der Waals surface area contributed by atoms with Gasteiger partial charge in [-0.05, 0) is 49.6 Å². The molecular formula is C24H27N3O2S. The zero-order valence-corrected chi connectivity index (χ0v) is 18.8.